The molecule has 3 aromatic heterocycles. The van der Waals surface area contributed by atoms with E-state index >= 15 is 0 Å². The Morgan fingerprint density at radius 2 is 2.09 bits per heavy atom. The molecule has 0 aliphatic carbocycles. The van der Waals surface area contributed by atoms with Gasteiger partial charge in [-0.1, -0.05) is 18.2 Å². The normalized spacial score (nSPS) is 12.7. The van der Waals surface area contributed by atoms with Gasteiger partial charge in [0.05, 0.1) is 11.7 Å². The van der Waals surface area contributed by atoms with E-state index in [4.69, 9.17) is 4.99 Å². The van der Waals surface area contributed by atoms with Crippen molar-refractivity contribution in [3.8, 4) is 5.69 Å². The van der Waals surface area contributed by atoms with Crippen LogP contribution in [-0.4, -0.2) is 37.0 Å². The monoisotopic (exact) mass is 448 g/mol. The van der Waals surface area contributed by atoms with E-state index in [1.165, 1.54) is 4.88 Å². The number of nitrogens with zero attached hydrogens (tertiary/aromatic N) is 6. The third-order valence-electron chi connectivity index (χ3n) is 5.30. The summed E-state index contributed by atoms with van der Waals surface area (Å²) in [7, 11) is 1.96. The lowest BCUT2D eigenvalue weighted by atomic mass is 10.1. The lowest BCUT2D eigenvalue weighted by Crippen LogP contribution is -2.39. The van der Waals surface area contributed by atoms with E-state index in [-0.39, 0.29) is 6.04 Å². The van der Waals surface area contributed by atoms with E-state index in [1.54, 1.807) is 17.5 Å². The van der Waals surface area contributed by atoms with Crippen LogP contribution in [0.1, 0.15) is 35.1 Å². The fourth-order valence-electron chi connectivity index (χ4n) is 3.30. The van der Waals surface area contributed by atoms with Crippen LogP contribution in [0.4, 0.5) is 0 Å². The van der Waals surface area contributed by atoms with Crippen LogP contribution in [0.3, 0.4) is 0 Å². The van der Waals surface area contributed by atoms with Gasteiger partial charge in [0.2, 0.25) is 0 Å². The topological polar surface area (TPSA) is 84.9 Å². The summed E-state index contributed by atoms with van der Waals surface area (Å²) in [4.78, 5) is 6.13. The van der Waals surface area contributed by atoms with Crippen molar-refractivity contribution in [3.63, 3.8) is 0 Å². The van der Waals surface area contributed by atoms with E-state index < -0.39 is 0 Å². The number of rotatable bonds is 8. The highest BCUT2D eigenvalue weighted by atomic mass is 32.1. The first-order valence-corrected chi connectivity index (χ1v) is 11.5. The van der Waals surface area contributed by atoms with Crippen molar-refractivity contribution in [2.75, 3.05) is 6.54 Å². The average Bonchev–Trinajstić information content (AvgIpc) is 3.57. The lowest BCUT2D eigenvalue weighted by molar-refractivity contribution is 0.675. The third-order valence-corrected chi connectivity index (χ3v) is 6.23. The second-order valence-corrected chi connectivity index (χ2v) is 8.59. The molecule has 8 nitrogen and oxygen atoms in total. The molecule has 0 aliphatic rings. The van der Waals surface area contributed by atoms with Gasteiger partial charge in [0.25, 0.3) is 0 Å². The Labute approximate surface area is 192 Å². The minimum atomic E-state index is 0.0553. The second-order valence-electron chi connectivity index (χ2n) is 7.56. The largest absolute Gasteiger partial charge is 0.356 e. The van der Waals surface area contributed by atoms with E-state index in [2.05, 4.69) is 62.5 Å². The molecule has 0 saturated carbocycles. The number of benzene rings is 1. The fourth-order valence-corrected chi connectivity index (χ4v) is 4.01. The van der Waals surface area contributed by atoms with Gasteiger partial charge in [0.15, 0.2) is 11.8 Å². The van der Waals surface area contributed by atoms with E-state index in [9.17, 15) is 0 Å². The number of hydrogen-bond donors (Lipinski definition) is 2. The summed E-state index contributed by atoms with van der Waals surface area (Å²) in [5.74, 6) is 2.45. The van der Waals surface area contributed by atoms with Gasteiger partial charge in [-0.05, 0) is 55.5 Å². The van der Waals surface area contributed by atoms with Crippen molar-refractivity contribution in [2.45, 2.75) is 32.9 Å². The standard InChI is InChI=1S/C23H28N8S/c1-17(19-7-4-8-20(15-19)31-13-6-11-26-31)27-23(24-12-10-21-9-5-14-32-21)25-16-22-29-28-18(2)30(22)3/h4-9,11,13-15,17H,10,12,16H2,1-3H3,(H2,24,25,27). The molecule has 0 radical (unpaired) electrons. The van der Waals surface area contributed by atoms with E-state index in [1.807, 2.05) is 47.6 Å². The van der Waals surface area contributed by atoms with Gasteiger partial charge in [0.1, 0.15) is 12.4 Å². The fraction of sp³-hybridized carbons (Fsp3) is 0.304. The molecule has 4 rings (SSSR count). The molecule has 2 N–H and O–H groups in total. The molecular formula is C23H28N8S. The lowest BCUT2D eigenvalue weighted by Gasteiger charge is -2.19. The quantitative estimate of drug-likeness (QED) is 0.319. The Morgan fingerprint density at radius 1 is 1.19 bits per heavy atom. The third kappa shape index (κ3) is 5.42. The van der Waals surface area contributed by atoms with E-state index in [0.717, 1.165) is 41.8 Å². The summed E-state index contributed by atoms with van der Waals surface area (Å²) in [6.45, 7) is 5.31. The first kappa shape index (κ1) is 21.8. The smallest absolute Gasteiger partial charge is 0.192 e. The Balaban J connectivity index is 1.47. The number of aliphatic imine (C=N–C) groups is 1. The van der Waals surface area contributed by atoms with Gasteiger partial charge in [-0.2, -0.15) is 5.10 Å². The van der Waals surface area contributed by atoms with Crippen molar-refractivity contribution in [1.29, 1.82) is 0 Å². The number of hydrogen-bond acceptors (Lipinski definition) is 5. The molecule has 1 atom stereocenters. The molecule has 4 aromatic rings. The summed E-state index contributed by atoms with van der Waals surface area (Å²) < 4.78 is 3.82. The molecule has 0 aliphatic heterocycles. The Bertz CT molecular complexity index is 1140. The average molecular weight is 449 g/mol. The molecule has 1 unspecified atom stereocenters. The van der Waals surface area contributed by atoms with Gasteiger partial charge in [-0.15, -0.1) is 21.5 Å². The summed E-state index contributed by atoms with van der Waals surface area (Å²) in [6.07, 6.45) is 4.68. The van der Waals surface area contributed by atoms with Crippen LogP contribution in [0.15, 0.2) is 65.2 Å². The minimum Gasteiger partial charge on any atom is -0.356 e. The maximum Gasteiger partial charge on any atom is 0.192 e. The number of thiophene rings is 1. The zero-order valence-electron chi connectivity index (χ0n) is 18.6. The SMILES string of the molecule is Cc1nnc(CN=C(NCCc2cccs2)NC(C)c2cccc(-n3cccn3)c2)n1C. The molecule has 1 aromatic carbocycles. The van der Waals surface area contributed by atoms with Crippen LogP contribution in [0.5, 0.6) is 0 Å². The van der Waals surface area contributed by atoms with E-state index in [0.29, 0.717) is 6.54 Å². The zero-order chi connectivity index (χ0) is 22.3. The highest BCUT2D eigenvalue weighted by molar-refractivity contribution is 7.09. The predicted octanol–water partition coefficient (Wildman–Crippen LogP) is 3.41. The Kier molecular flexibility index (Phi) is 6.96. The van der Waals surface area contributed by atoms with Crippen LogP contribution in [0.25, 0.3) is 5.69 Å². The molecule has 0 saturated heterocycles. The predicted molar refractivity (Wildman–Crippen MR) is 128 cm³/mol. The van der Waals surface area contributed by atoms with Gasteiger partial charge in [-0.25, -0.2) is 9.67 Å². The number of nitrogens with one attached hydrogen (secondary N) is 2. The van der Waals surface area contributed by atoms with Crippen molar-refractivity contribution < 1.29 is 0 Å². The molecule has 3 heterocycles. The van der Waals surface area contributed by atoms with Crippen molar-refractivity contribution >= 4 is 17.3 Å². The van der Waals surface area contributed by atoms with Gasteiger partial charge < -0.3 is 15.2 Å². The minimum absolute atomic E-state index is 0.0553. The number of aryl methyl sites for hydroxylation is 1. The summed E-state index contributed by atoms with van der Waals surface area (Å²) in [5.41, 5.74) is 2.18. The molecule has 0 amide bonds. The van der Waals surface area contributed by atoms with Crippen molar-refractivity contribution in [1.82, 2.24) is 35.2 Å². The highest BCUT2D eigenvalue weighted by Gasteiger charge is 2.11. The van der Waals surface area contributed by atoms with Crippen LogP contribution in [-0.2, 0) is 20.0 Å². The molecule has 0 spiro atoms. The molecule has 166 valence electrons. The molecule has 32 heavy (non-hydrogen) atoms. The number of guanidine groups is 1. The zero-order valence-corrected chi connectivity index (χ0v) is 19.4. The van der Waals surface area contributed by atoms with Crippen LogP contribution < -0.4 is 10.6 Å². The maximum absolute atomic E-state index is 4.78. The van der Waals surface area contributed by atoms with Gasteiger partial charge in [-0.3, -0.25) is 0 Å². The number of aromatic nitrogens is 5. The Morgan fingerprint density at radius 3 is 2.81 bits per heavy atom. The van der Waals surface area contributed by atoms with Gasteiger partial charge >= 0.3 is 0 Å². The van der Waals surface area contributed by atoms with Crippen LogP contribution in [0.2, 0.25) is 0 Å². The summed E-state index contributed by atoms with van der Waals surface area (Å²) >= 11 is 1.77. The Hall–Kier alpha value is -3.46. The summed E-state index contributed by atoms with van der Waals surface area (Å²) in [6, 6.07) is 14.6. The van der Waals surface area contributed by atoms with Crippen LogP contribution >= 0.6 is 11.3 Å². The van der Waals surface area contributed by atoms with Crippen LogP contribution in [0, 0.1) is 6.92 Å². The first-order valence-electron chi connectivity index (χ1n) is 10.6. The highest BCUT2D eigenvalue weighted by Crippen LogP contribution is 2.16. The maximum atomic E-state index is 4.78. The molecule has 0 bridgehead atoms. The van der Waals surface area contributed by atoms with Crippen molar-refractivity contribution in [2.24, 2.45) is 12.0 Å². The van der Waals surface area contributed by atoms with Crippen molar-refractivity contribution in [3.05, 3.63) is 82.3 Å². The second kappa shape index (κ2) is 10.2. The molecule has 0 fully saturated rings. The molecular weight excluding hydrogens is 420 g/mol. The summed E-state index contributed by atoms with van der Waals surface area (Å²) in [5, 5.41) is 21.8. The first-order chi connectivity index (χ1) is 15.6. The molecule has 9 heteroatoms. The van der Waals surface area contributed by atoms with Gasteiger partial charge in [0, 0.05) is 30.9 Å².